The summed E-state index contributed by atoms with van der Waals surface area (Å²) in [5.74, 6) is -17.4. The molecule has 4 aliphatic heterocycles. The number of benzene rings is 2. The molecule has 0 radical (unpaired) electrons. The molecule has 4 heterocycles. The maximum Gasteiger partial charge on any atom is 0.326 e. The van der Waals surface area contributed by atoms with Crippen molar-refractivity contribution in [3.05, 3.63) is 96.1 Å². The van der Waals surface area contributed by atoms with Gasteiger partial charge in [-0.2, -0.15) is 0 Å². The molecule has 0 bridgehead atoms. The Kier molecular flexibility index (Phi) is 45.0. The molecule has 16 amide bonds. The molecule has 6 rings (SSSR count). The van der Waals surface area contributed by atoms with Crippen molar-refractivity contribution < 1.29 is 115 Å². The van der Waals surface area contributed by atoms with Gasteiger partial charge in [0, 0.05) is 158 Å². The SMILES string of the molecule is CCC(C)[C@@H](C(CC(=O)N1CCC[C@H]1C(OCC1C[C@@H]([C@H](OC)[C@@H](C)C(=O)N[C@@H](Cc2ccccc2)C(=O)O)N(C(=O)CC(OC)[C@H](C(C)CC)N(C)C(=O)[C@@H](NC(=O)[C@H](C(C)C)N(C)C(=O)CCNC(=O)CCN2C(=O)C=CC2=O)C(C)C)C1)[C@@H](C)C(=O)N[C@@H](Cc1ccccc1)C(=O)O)OC)N(C)C(=O)[C@@H](NC(=O)[C@H](C(C)C)N(C)C(=O)CCNC(=O)CCN1C(=O)C=CC1=O)C(C)C. The summed E-state index contributed by atoms with van der Waals surface area (Å²) in [5, 5.41) is 37.8. The van der Waals surface area contributed by atoms with Crippen LogP contribution >= 0.6 is 0 Å². The zero-order chi connectivity index (χ0) is 102. The number of carboxylic acids is 2. The summed E-state index contributed by atoms with van der Waals surface area (Å²) in [4.78, 5) is 259. The number of ether oxygens (including phenoxy) is 4. The van der Waals surface area contributed by atoms with Gasteiger partial charge in [-0.1, -0.05) is 170 Å². The number of likely N-dealkylation sites (N-methyl/N-ethyl adjacent to an activating group) is 4. The van der Waals surface area contributed by atoms with E-state index in [9.17, 15) is 72.5 Å². The number of aliphatic carboxylic acids is 2. The molecule has 0 aromatic heterocycles. The van der Waals surface area contributed by atoms with Gasteiger partial charge in [-0.3, -0.25) is 86.5 Å². The molecule has 0 spiro atoms. The third-order valence-electron chi connectivity index (χ3n) is 26.8. The minimum Gasteiger partial charge on any atom is -0.480 e. The number of amides is 16. The Morgan fingerprint density at radius 1 is 0.456 bits per heavy atom. The third kappa shape index (κ3) is 31.1. The zero-order valence-corrected chi connectivity index (χ0v) is 83.0. The average molecular weight is 1910 g/mol. The molecular weight excluding hydrogens is 1760 g/mol. The molecule has 2 saturated heterocycles. The second-order valence-corrected chi connectivity index (χ2v) is 37.7. The van der Waals surface area contributed by atoms with Crippen LogP contribution in [-0.2, 0) is 118 Å². The molecule has 754 valence electrons. The van der Waals surface area contributed by atoms with Crippen LogP contribution in [0.3, 0.4) is 0 Å². The molecule has 0 saturated carbocycles. The first kappa shape index (κ1) is 113. The number of carbonyl (C=O) groups is 18. The lowest BCUT2D eigenvalue weighted by atomic mass is 9.89. The Labute approximate surface area is 799 Å². The van der Waals surface area contributed by atoms with E-state index in [-0.39, 0.29) is 110 Å². The van der Waals surface area contributed by atoms with Gasteiger partial charge in [0.25, 0.3) is 23.6 Å². The lowest BCUT2D eigenvalue weighted by Gasteiger charge is -2.41. The van der Waals surface area contributed by atoms with Crippen LogP contribution in [0.25, 0.3) is 0 Å². The molecule has 6 unspecified atom stereocenters. The summed E-state index contributed by atoms with van der Waals surface area (Å²) in [7, 11) is 10.2. The molecule has 136 heavy (non-hydrogen) atoms. The topological polar surface area (TPSA) is 483 Å². The number of methoxy groups -OCH3 is 3. The van der Waals surface area contributed by atoms with Crippen LogP contribution in [0.1, 0.15) is 179 Å². The quantitative estimate of drug-likeness (QED) is 0.0435. The van der Waals surface area contributed by atoms with Gasteiger partial charge in [0.05, 0.1) is 79.9 Å². The van der Waals surface area contributed by atoms with Crippen molar-refractivity contribution >= 4 is 106 Å². The summed E-state index contributed by atoms with van der Waals surface area (Å²) < 4.78 is 26.0. The van der Waals surface area contributed by atoms with E-state index in [0.29, 0.717) is 30.4 Å². The average Bonchev–Trinajstić information content (AvgIpc) is 1.66. The molecule has 0 aliphatic carbocycles. The Bertz CT molecular complexity index is 4490. The molecule has 38 heteroatoms. The first-order valence-corrected chi connectivity index (χ1v) is 47.4. The van der Waals surface area contributed by atoms with E-state index in [2.05, 4.69) is 31.9 Å². The first-order valence-electron chi connectivity index (χ1n) is 47.4. The zero-order valence-electron chi connectivity index (χ0n) is 83.0. The molecule has 19 atom stereocenters. The molecule has 2 aromatic carbocycles. The van der Waals surface area contributed by atoms with E-state index >= 15 is 24.0 Å². The highest BCUT2D eigenvalue weighted by Crippen LogP contribution is 2.37. The molecule has 38 nitrogen and oxygen atoms in total. The summed E-state index contributed by atoms with van der Waals surface area (Å²) >= 11 is 0. The lowest BCUT2D eigenvalue weighted by molar-refractivity contribution is -0.150. The molecule has 8 N–H and O–H groups in total. The number of likely N-dealkylation sites (tertiary alicyclic amines) is 2. The van der Waals surface area contributed by atoms with Gasteiger partial charge in [-0.15, -0.1) is 0 Å². The van der Waals surface area contributed by atoms with Crippen molar-refractivity contribution in [2.24, 2.45) is 53.3 Å². The van der Waals surface area contributed by atoms with Gasteiger partial charge in [-0.25, -0.2) is 9.59 Å². The monoisotopic (exact) mass is 1910 g/mol. The van der Waals surface area contributed by atoms with Crippen LogP contribution < -0.4 is 31.9 Å². The van der Waals surface area contributed by atoms with Crippen molar-refractivity contribution in [2.45, 2.75) is 265 Å². The smallest absolute Gasteiger partial charge is 0.326 e. The minimum atomic E-state index is -1.43. The van der Waals surface area contributed by atoms with Gasteiger partial charge in [0.2, 0.25) is 70.9 Å². The normalized spacial score (nSPS) is 19.0. The van der Waals surface area contributed by atoms with Crippen LogP contribution in [0.2, 0.25) is 0 Å². The summed E-state index contributed by atoms with van der Waals surface area (Å²) in [6.45, 7) is 23.9. The fourth-order valence-corrected chi connectivity index (χ4v) is 18.7. The first-order chi connectivity index (χ1) is 64.2. The minimum absolute atomic E-state index is 0.0577. The van der Waals surface area contributed by atoms with Crippen molar-refractivity contribution in [3.8, 4) is 0 Å². The lowest BCUT2D eigenvalue weighted by Crippen LogP contribution is -2.60. The van der Waals surface area contributed by atoms with E-state index in [1.807, 2.05) is 27.7 Å². The second-order valence-electron chi connectivity index (χ2n) is 37.7. The number of hydrogen-bond acceptors (Lipinski definition) is 22. The number of nitrogens with one attached hydrogen (secondary N) is 6. The number of nitrogens with zero attached hydrogens (tertiary/aromatic N) is 8. The number of carbonyl (C=O) groups excluding carboxylic acids is 16. The Hall–Kier alpha value is -11.4. The fraction of sp³-hybridized carbons (Fsp3) is 0.653. The van der Waals surface area contributed by atoms with Gasteiger partial charge >= 0.3 is 11.9 Å². The Balaban J connectivity index is 1.31. The molecule has 4 aliphatic rings. The number of imide groups is 2. The van der Waals surface area contributed by atoms with Gasteiger partial charge in [0.15, 0.2) is 0 Å². The highest BCUT2D eigenvalue weighted by Gasteiger charge is 2.50. The summed E-state index contributed by atoms with van der Waals surface area (Å²) in [6.07, 6.45) is -0.0793. The predicted molar refractivity (Wildman–Crippen MR) is 502 cm³/mol. The highest BCUT2D eigenvalue weighted by molar-refractivity contribution is 6.13. The van der Waals surface area contributed by atoms with Crippen molar-refractivity contribution in [2.75, 3.05) is 95.4 Å². The van der Waals surface area contributed by atoms with Gasteiger partial charge in [0.1, 0.15) is 36.3 Å². The largest absolute Gasteiger partial charge is 0.480 e. The van der Waals surface area contributed by atoms with Crippen LogP contribution in [0.4, 0.5) is 0 Å². The van der Waals surface area contributed by atoms with Gasteiger partial charge < -0.3 is 90.5 Å². The van der Waals surface area contributed by atoms with Crippen molar-refractivity contribution in [1.29, 1.82) is 0 Å². The van der Waals surface area contributed by atoms with E-state index in [1.165, 1.54) is 55.0 Å². The number of hydrogen-bond donors (Lipinski definition) is 8. The van der Waals surface area contributed by atoms with Crippen LogP contribution in [0.5, 0.6) is 0 Å². The second kappa shape index (κ2) is 53.9. The van der Waals surface area contributed by atoms with Crippen molar-refractivity contribution in [1.82, 2.24) is 71.1 Å². The maximum atomic E-state index is 15.9. The highest BCUT2D eigenvalue weighted by atomic mass is 16.5. The predicted octanol–water partition coefficient (Wildman–Crippen LogP) is 3.94. The summed E-state index contributed by atoms with van der Waals surface area (Å²) in [6, 6.07) is 6.41. The van der Waals surface area contributed by atoms with Crippen molar-refractivity contribution in [3.63, 3.8) is 0 Å². The fourth-order valence-electron chi connectivity index (χ4n) is 18.7. The van der Waals surface area contributed by atoms with Gasteiger partial charge in [-0.05, 0) is 65.9 Å². The number of carboxylic acid groups (broad SMARTS) is 2. The number of rotatable bonds is 56. The Morgan fingerprint density at radius 3 is 1.18 bits per heavy atom. The molecule has 2 fully saturated rings. The van der Waals surface area contributed by atoms with Crippen LogP contribution in [-0.4, -0.2) is 336 Å². The van der Waals surface area contributed by atoms with E-state index < -0.39 is 245 Å². The molecular formula is C98H148N14O24. The summed E-state index contributed by atoms with van der Waals surface area (Å²) in [5.41, 5.74) is 1.24. The third-order valence-corrected chi connectivity index (χ3v) is 26.8. The van der Waals surface area contributed by atoms with E-state index in [4.69, 9.17) is 18.9 Å². The van der Waals surface area contributed by atoms with E-state index in [0.717, 1.165) is 34.1 Å². The molecule has 2 aromatic rings. The van der Waals surface area contributed by atoms with Crippen LogP contribution in [0.15, 0.2) is 85.0 Å². The Morgan fingerprint density at radius 2 is 0.831 bits per heavy atom. The van der Waals surface area contributed by atoms with E-state index in [1.54, 1.807) is 154 Å². The van der Waals surface area contributed by atoms with Crippen LogP contribution in [0, 0.1) is 53.3 Å². The maximum absolute atomic E-state index is 15.9. The standard InChI is InChI=1S/C98H148N14O24/c1-22-60(11)87(107(17)95(127)83(56(3)4)103-93(125)85(58(7)8)105(15)75(115)40-44-99-73(113)42-47-110-77(117)36-37-78(110)118)71(133-19)52-81(121)109-46-30-35-69(109)90(63(14)92(124)102-68(98(131)132)50-65-33-28-25-29-34-65)136-55-66-51-70(89(135-21)62(13)91(123)101-67(97(129)130)49-64-31-26-24-27-32-64)112(54-66)82(122)53-72(134-20)88(61(12)23-2)108(18)96(128)84(57(5)6)104-94(126)86(59(9)10)106(16)76(116)41-45-100-74(114)43-48-111-79(119)38-39-80(111)120/h24-29,31-34,36-39,56-63,66-72,83-90H,22-23,30,35,40-55H2,1-21H3,(H,99,113)(H,100,114)(H,101,123)(H,102,124)(H,103,125)(H,104,126)(H,129,130)(H,131,132)/t60?,61?,62-,63-,66?,67+,68+,69+,70+,71?,72?,83+,84+,85+,86+,87+,88+,89-,90?/m1/s1.